The average molecular weight is 460 g/mol. The maximum absolute atomic E-state index is 4.69. The minimum Gasteiger partial charge on any atom is -0.309 e. The first-order valence-corrected chi connectivity index (χ1v) is 12.2. The predicted molar refractivity (Wildman–Crippen MR) is 150 cm³/mol. The third-order valence-corrected chi connectivity index (χ3v) is 7.31. The molecule has 0 spiro atoms. The fourth-order valence-corrected chi connectivity index (χ4v) is 5.77. The summed E-state index contributed by atoms with van der Waals surface area (Å²) in [5.41, 5.74) is 5.97. The summed E-state index contributed by atoms with van der Waals surface area (Å²) in [6.45, 7) is 0. The highest BCUT2D eigenvalue weighted by Crippen LogP contribution is 2.38. The van der Waals surface area contributed by atoms with E-state index in [1.54, 1.807) is 0 Å². The van der Waals surface area contributed by atoms with Crippen molar-refractivity contribution in [3.05, 3.63) is 128 Å². The van der Waals surface area contributed by atoms with Crippen molar-refractivity contribution in [2.75, 3.05) is 0 Å². The lowest BCUT2D eigenvalue weighted by Gasteiger charge is -2.09. The van der Waals surface area contributed by atoms with Crippen LogP contribution >= 0.6 is 0 Å². The van der Waals surface area contributed by atoms with Gasteiger partial charge in [-0.2, -0.15) is 0 Å². The highest BCUT2D eigenvalue weighted by Gasteiger charge is 2.16. The van der Waals surface area contributed by atoms with E-state index in [-0.39, 0.29) is 0 Å². The number of fused-ring (bicyclic) bond motifs is 7. The second kappa shape index (κ2) is 7.30. The second-order valence-electron chi connectivity index (χ2n) is 9.31. The molecule has 3 heteroatoms. The number of hydrogen-bond donors (Lipinski definition) is 0. The number of pyridine rings is 1. The molecule has 5 aromatic carbocycles. The summed E-state index contributed by atoms with van der Waals surface area (Å²) >= 11 is 0. The number of aromatic nitrogens is 3. The Labute approximate surface area is 207 Å². The zero-order valence-corrected chi connectivity index (χ0v) is 19.5. The Hall–Kier alpha value is -4.89. The van der Waals surface area contributed by atoms with Crippen LogP contribution in [-0.2, 0) is 0 Å². The van der Waals surface area contributed by atoms with Crippen LogP contribution in [0.25, 0.3) is 65.9 Å². The number of nitrogens with zero attached hydrogens (tertiary/aromatic N) is 3. The van der Waals surface area contributed by atoms with Crippen LogP contribution in [0.1, 0.15) is 0 Å². The predicted octanol–water partition coefficient (Wildman–Crippen LogP) is 8.43. The molecule has 168 valence electrons. The third kappa shape index (κ3) is 2.65. The molecule has 0 aliphatic heterocycles. The summed E-state index contributed by atoms with van der Waals surface area (Å²) in [5, 5.41) is 7.48. The fourth-order valence-electron chi connectivity index (χ4n) is 5.77. The molecule has 3 aromatic heterocycles. The molecule has 0 bridgehead atoms. The van der Waals surface area contributed by atoms with Crippen LogP contribution in [0.5, 0.6) is 0 Å². The third-order valence-electron chi connectivity index (χ3n) is 7.31. The maximum Gasteiger partial charge on any atom is 0.137 e. The van der Waals surface area contributed by atoms with Gasteiger partial charge in [-0.1, -0.05) is 60.7 Å². The summed E-state index contributed by atoms with van der Waals surface area (Å²) in [7, 11) is 0. The Morgan fingerprint density at radius 2 is 0.972 bits per heavy atom. The van der Waals surface area contributed by atoms with E-state index in [9.17, 15) is 0 Å². The van der Waals surface area contributed by atoms with Gasteiger partial charge in [0, 0.05) is 33.4 Å². The highest BCUT2D eigenvalue weighted by atomic mass is 15.1. The first-order chi connectivity index (χ1) is 17.9. The molecule has 0 amide bonds. The molecule has 3 nitrogen and oxygen atoms in total. The molecule has 8 rings (SSSR count). The quantitative estimate of drug-likeness (QED) is 0.254. The van der Waals surface area contributed by atoms with Crippen molar-refractivity contribution in [1.82, 2.24) is 14.1 Å². The van der Waals surface area contributed by atoms with Gasteiger partial charge in [-0.15, -0.1) is 0 Å². The minimum absolute atomic E-state index is 0.935. The van der Waals surface area contributed by atoms with Gasteiger partial charge in [-0.05, 0) is 71.4 Å². The van der Waals surface area contributed by atoms with Gasteiger partial charge in [-0.3, -0.25) is 4.57 Å². The van der Waals surface area contributed by atoms with E-state index in [4.69, 9.17) is 0 Å². The van der Waals surface area contributed by atoms with Crippen molar-refractivity contribution in [3.8, 4) is 11.5 Å². The molecular formula is C33H21N3. The van der Waals surface area contributed by atoms with Crippen LogP contribution in [0.3, 0.4) is 0 Å². The van der Waals surface area contributed by atoms with Crippen LogP contribution in [-0.4, -0.2) is 14.1 Å². The molecule has 8 aromatic rings. The Kier molecular flexibility index (Phi) is 3.94. The van der Waals surface area contributed by atoms with E-state index in [0.29, 0.717) is 0 Å². The zero-order chi connectivity index (χ0) is 23.6. The average Bonchev–Trinajstić information content (AvgIpc) is 3.43. The standard InChI is InChI=1S/C33H21N3/c1-2-10-24(11-3-1)35-29-14-6-4-12-25(29)27-18-23-21-32-28(19-22(23)20-31(27)35)26-13-5-7-15-30(26)36(32)33-16-8-9-17-34-33/h1-21H. The molecule has 36 heavy (non-hydrogen) atoms. The van der Waals surface area contributed by atoms with Gasteiger partial charge in [0.05, 0.1) is 22.1 Å². The zero-order valence-electron chi connectivity index (χ0n) is 19.5. The summed E-state index contributed by atoms with van der Waals surface area (Å²) in [5.74, 6) is 0.935. The number of rotatable bonds is 2. The van der Waals surface area contributed by atoms with Gasteiger partial charge >= 0.3 is 0 Å². The molecule has 0 saturated carbocycles. The van der Waals surface area contributed by atoms with Crippen LogP contribution in [0.4, 0.5) is 0 Å². The largest absolute Gasteiger partial charge is 0.309 e. The normalized spacial score (nSPS) is 11.9. The molecule has 0 atom stereocenters. The monoisotopic (exact) mass is 459 g/mol. The Balaban J connectivity index is 1.53. The summed E-state index contributed by atoms with van der Waals surface area (Å²) in [6.07, 6.45) is 1.86. The van der Waals surface area contributed by atoms with Crippen molar-refractivity contribution in [2.45, 2.75) is 0 Å². The first kappa shape index (κ1) is 19.4. The van der Waals surface area contributed by atoms with E-state index >= 15 is 0 Å². The summed E-state index contributed by atoms with van der Waals surface area (Å²) in [4.78, 5) is 4.69. The van der Waals surface area contributed by atoms with E-state index < -0.39 is 0 Å². The summed E-state index contributed by atoms with van der Waals surface area (Å²) in [6, 6.07) is 43.4. The molecule has 0 aliphatic rings. The van der Waals surface area contributed by atoms with Crippen molar-refractivity contribution in [1.29, 1.82) is 0 Å². The minimum atomic E-state index is 0.935. The van der Waals surface area contributed by atoms with E-state index in [1.165, 1.54) is 60.1 Å². The number of para-hydroxylation sites is 3. The van der Waals surface area contributed by atoms with Crippen molar-refractivity contribution < 1.29 is 0 Å². The van der Waals surface area contributed by atoms with Gasteiger partial charge in [0.1, 0.15) is 5.82 Å². The number of hydrogen-bond acceptors (Lipinski definition) is 1. The second-order valence-corrected chi connectivity index (χ2v) is 9.31. The lowest BCUT2D eigenvalue weighted by atomic mass is 10.0. The van der Waals surface area contributed by atoms with Gasteiger partial charge in [-0.25, -0.2) is 4.98 Å². The lowest BCUT2D eigenvalue weighted by Crippen LogP contribution is -1.96. The molecule has 0 fully saturated rings. The molecule has 0 saturated heterocycles. The molecule has 0 radical (unpaired) electrons. The van der Waals surface area contributed by atoms with Crippen molar-refractivity contribution >= 4 is 54.4 Å². The molecule has 0 unspecified atom stereocenters. The van der Waals surface area contributed by atoms with E-state index in [0.717, 1.165) is 5.82 Å². The van der Waals surface area contributed by atoms with Crippen LogP contribution in [0.2, 0.25) is 0 Å². The van der Waals surface area contributed by atoms with E-state index in [1.807, 2.05) is 18.3 Å². The first-order valence-electron chi connectivity index (χ1n) is 12.2. The van der Waals surface area contributed by atoms with Crippen molar-refractivity contribution in [3.63, 3.8) is 0 Å². The van der Waals surface area contributed by atoms with Gasteiger partial charge < -0.3 is 4.57 Å². The Morgan fingerprint density at radius 3 is 1.61 bits per heavy atom. The fraction of sp³-hybridized carbons (Fsp3) is 0. The maximum atomic E-state index is 4.69. The highest BCUT2D eigenvalue weighted by molar-refractivity contribution is 6.18. The van der Waals surface area contributed by atoms with Crippen LogP contribution in [0, 0.1) is 0 Å². The summed E-state index contributed by atoms with van der Waals surface area (Å²) < 4.78 is 4.66. The number of benzene rings is 5. The topological polar surface area (TPSA) is 22.8 Å². The lowest BCUT2D eigenvalue weighted by molar-refractivity contribution is 1.08. The van der Waals surface area contributed by atoms with Crippen molar-refractivity contribution in [2.24, 2.45) is 0 Å². The smallest absolute Gasteiger partial charge is 0.137 e. The van der Waals surface area contributed by atoms with Gasteiger partial charge in [0.2, 0.25) is 0 Å². The Morgan fingerprint density at radius 1 is 0.417 bits per heavy atom. The van der Waals surface area contributed by atoms with Crippen LogP contribution in [0.15, 0.2) is 128 Å². The van der Waals surface area contributed by atoms with Gasteiger partial charge in [0.15, 0.2) is 0 Å². The molecule has 0 aliphatic carbocycles. The Bertz CT molecular complexity index is 1930. The van der Waals surface area contributed by atoms with Crippen LogP contribution < -0.4 is 0 Å². The molecule has 3 heterocycles. The molecule has 0 N–H and O–H groups in total. The van der Waals surface area contributed by atoms with E-state index in [2.05, 4.69) is 123 Å². The van der Waals surface area contributed by atoms with Gasteiger partial charge in [0.25, 0.3) is 0 Å². The molecular weight excluding hydrogens is 438 g/mol. The SMILES string of the molecule is c1ccc(-n2c3ccccc3c3cc4cc5c(cc4cc32)c2ccccc2n5-c2ccccn2)cc1.